The maximum absolute atomic E-state index is 13.0. The van der Waals surface area contributed by atoms with Gasteiger partial charge in [-0.3, -0.25) is 28.2 Å². The van der Waals surface area contributed by atoms with Crippen molar-refractivity contribution in [3.63, 3.8) is 0 Å². The van der Waals surface area contributed by atoms with E-state index in [-0.39, 0.29) is 32.3 Å². The molecule has 0 radical (unpaired) electrons. The summed E-state index contributed by atoms with van der Waals surface area (Å²) < 4.78 is 44.9. The van der Waals surface area contributed by atoms with Gasteiger partial charge >= 0.3 is 31.7 Å². The molecule has 0 bridgehead atoms. The zero-order valence-corrected chi connectivity index (χ0v) is 39.0. The Morgan fingerprint density at radius 3 is 1.08 bits per heavy atom. The molecule has 2 unspecified atom stereocenters. The van der Waals surface area contributed by atoms with Crippen molar-refractivity contribution in [3.8, 4) is 0 Å². The van der Waals surface area contributed by atoms with E-state index in [0.29, 0.717) is 25.9 Å². The minimum Gasteiger partial charge on any atom is -0.462 e. The van der Waals surface area contributed by atoms with Crippen LogP contribution in [0.25, 0.3) is 0 Å². The Kier molecular flexibility index (Phi) is 37.4. The number of carbonyl (C=O) groups excluding carboxylic acids is 4. The number of hydrogen-bond acceptors (Lipinski definition) is 13. The summed E-state index contributed by atoms with van der Waals surface area (Å²) in [6, 6.07) is 0. The molecule has 0 saturated carbocycles. The second-order valence-corrected chi connectivity index (χ2v) is 17.8. The highest BCUT2D eigenvalue weighted by molar-refractivity contribution is 7.47. The summed E-state index contributed by atoms with van der Waals surface area (Å²) in [6.07, 6.45) is 23.3. The largest absolute Gasteiger partial charge is 0.472 e. The van der Waals surface area contributed by atoms with E-state index in [1.54, 1.807) is 19.0 Å². The van der Waals surface area contributed by atoms with E-state index in [4.69, 9.17) is 28.0 Å². The van der Waals surface area contributed by atoms with Crippen LogP contribution in [0.15, 0.2) is 0 Å². The first kappa shape index (κ1) is 56.9. The van der Waals surface area contributed by atoms with Crippen molar-refractivity contribution in [1.29, 1.82) is 0 Å². The van der Waals surface area contributed by atoms with Crippen LogP contribution in [-0.4, -0.2) is 118 Å². The molecule has 3 atom stereocenters. The first-order valence-corrected chi connectivity index (χ1v) is 24.4. The Balaban J connectivity index is 5.11. The topological polar surface area (TPSA) is 167 Å². The smallest absolute Gasteiger partial charge is 0.462 e. The van der Waals surface area contributed by atoms with Crippen LogP contribution in [0.4, 0.5) is 0 Å². The second-order valence-electron chi connectivity index (χ2n) is 16.3. The maximum atomic E-state index is 13.0. The molecule has 0 heterocycles. The van der Waals surface area contributed by atoms with Crippen LogP contribution in [0.1, 0.15) is 181 Å². The lowest BCUT2D eigenvalue weighted by Crippen LogP contribution is -2.32. The fraction of sp³-hybridized carbons (Fsp3) is 0.909. The first-order chi connectivity index (χ1) is 28.3. The summed E-state index contributed by atoms with van der Waals surface area (Å²) in [5, 5.41) is 0. The number of carbonyl (C=O) groups is 4. The lowest BCUT2D eigenvalue weighted by Gasteiger charge is -2.22. The summed E-state index contributed by atoms with van der Waals surface area (Å²) >= 11 is 0. The summed E-state index contributed by atoms with van der Waals surface area (Å²) in [6.45, 7) is 3.34. The molecule has 15 heteroatoms. The summed E-state index contributed by atoms with van der Waals surface area (Å²) in [5.74, 6) is -2.11. The molecule has 0 rings (SSSR count). The van der Waals surface area contributed by atoms with E-state index in [0.717, 1.165) is 38.5 Å². The molecular weight excluding hydrogens is 779 g/mol. The van der Waals surface area contributed by atoms with Gasteiger partial charge in [0.15, 0.2) is 12.2 Å². The SMILES string of the molecule is CCCCCCCCCCCCCC(=O)OC[C@H](COP(=O)(O)OCC(COC(=O)CCN(C)C)OC(=O)CCN(C)C)OC(=O)CCCCCCCCCCCCC. The van der Waals surface area contributed by atoms with Gasteiger partial charge in [0.05, 0.1) is 26.1 Å². The van der Waals surface area contributed by atoms with Crippen molar-refractivity contribution < 1.29 is 56.6 Å². The van der Waals surface area contributed by atoms with E-state index in [1.165, 1.54) is 89.9 Å². The van der Waals surface area contributed by atoms with Gasteiger partial charge in [-0.25, -0.2) is 4.57 Å². The molecule has 0 aromatic rings. The zero-order chi connectivity index (χ0) is 44.0. The maximum Gasteiger partial charge on any atom is 0.472 e. The molecule has 348 valence electrons. The fourth-order valence-corrected chi connectivity index (χ4v) is 6.91. The van der Waals surface area contributed by atoms with Crippen LogP contribution >= 0.6 is 7.82 Å². The van der Waals surface area contributed by atoms with Crippen molar-refractivity contribution in [2.75, 3.05) is 67.7 Å². The van der Waals surface area contributed by atoms with Gasteiger partial charge in [0.25, 0.3) is 0 Å². The Bertz CT molecular complexity index is 1110. The number of hydrogen-bond donors (Lipinski definition) is 1. The van der Waals surface area contributed by atoms with Crippen LogP contribution < -0.4 is 0 Å². The highest BCUT2D eigenvalue weighted by atomic mass is 31.2. The number of nitrogens with zero attached hydrogens (tertiary/aromatic N) is 2. The van der Waals surface area contributed by atoms with Gasteiger partial charge in [-0.1, -0.05) is 142 Å². The van der Waals surface area contributed by atoms with E-state index >= 15 is 0 Å². The molecule has 0 aliphatic heterocycles. The third-order valence-corrected chi connectivity index (χ3v) is 10.7. The lowest BCUT2D eigenvalue weighted by atomic mass is 10.1. The third kappa shape index (κ3) is 39.8. The van der Waals surface area contributed by atoms with Crippen molar-refractivity contribution in [3.05, 3.63) is 0 Å². The second kappa shape index (κ2) is 38.8. The highest BCUT2D eigenvalue weighted by Gasteiger charge is 2.29. The molecule has 0 saturated heterocycles. The number of unbranched alkanes of at least 4 members (excludes halogenated alkanes) is 20. The Labute approximate surface area is 358 Å². The molecule has 0 aromatic carbocycles. The van der Waals surface area contributed by atoms with Crippen LogP contribution in [0.2, 0.25) is 0 Å². The zero-order valence-electron chi connectivity index (χ0n) is 38.1. The summed E-state index contributed by atoms with van der Waals surface area (Å²) in [5.41, 5.74) is 0. The van der Waals surface area contributed by atoms with E-state index in [2.05, 4.69) is 13.8 Å². The van der Waals surface area contributed by atoms with Gasteiger partial charge in [-0.15, -0.1) is 0 Å². The first-order valence-electron chi connectivity index (χ1n) is 22.9. The number of phosphoric ester groups is 1. The van der Waals surface area contributed by atoms with Gasteiger partial charge in [0.2, 0.25) is 0 Å². The minimum absolute atomic E-state index is 0.0373. The van der Waals surface area contributed by atoms with Gasteiger partial charge in [0.1, 0.15) is 13.2 Å². The van der Waals surface area contributed by atoms with Crippen molar-refractivity contribution in [2.45, 2.75) is 193 Å². The number of rotatable bonds is 42. The molecule has 0 amide bonds. The van der Waals surface area contributed by atoms with Crippen LogP contribution in [-0.2, 0) is 51.7 Å². The normalized spacial score (nSPS) is 13.6. The van der Waals surface area contributed by atoms with Gasteiger partial charge in [0, 0.05) is 25.9 Å². The molecule has 0 spiro atoms. The van der Waals surface area contributed by atoms with Gasteiger partial charge in [-0.05, 0) is 41.0 Å². The number of phosphoric acid groups is 1. The van der Waals surface area contributed by atoms with Crippen LogP contribution in [0.5, 0.6) is 0 Å². The molecule has 0 aliphatic rings. The summed E-state index contributed by atoms with van der Waals surface area (Å²) in [4.78, 5) is 64.2. The Morgan fingerprint density at radius 1 is 0.441 bits per heavy atom. The predicted molar refractivity (Wildman–Crippen MR) is 232 cm³/mol. The lowest BCUT2D eigenvalue weighted by molar-refractivity contribution is -0.162. The highest BCUT2D eigenvalue weighted by Crippen LogP contribution is 2.43. The standard InChI is InChI=1S/C44H85N2O12P/c1-7-9-11-13-15-17-19-21-23-25-27-29-41(47)53-35-39(57-43(49)30-28-26-24-22-20-18-16-14-12-10-8-2)37-55-59(51,52)56-38-40(58-44(50)32-34-46(5)6)36-54-42(48)31-33-45(3)4/h39-40H,7-38H2,1-6H3,(H,51,52)/t39-,40?/m1/s1. The average molecular weight is 865 g/mol. The number of ether oxygens (including phenoxy) is 4. The van der Waals surface area contributed by atoms with E-state index in [9.17, 15) is 28.6 Å². The van der Waals surface area contributed by atoms with Gasteiger partial charge < -0.3 is 33.6 Å². The average Bonchev–Trinajstić information content (AvgIpc) is 3.19. The Hall–Kier alpha value is -2.09. The van der Waals surface area contributed by atoms with Crippen LogP contribution in [0, 0.1) is 0 Å². The molecule has 14 nitrogen and oxygen atoms in total. The predicted octanol–water partition coefficient (Wildman–Crippen LogP) is 9.34. The number of esters is 4. The molecule has 59 heavy (non-hydrogen) atoms. The summed E-state index contributed by atoms with van der Waals surface area (Å²) in [7, 11) is 2.40. The van der Waals surface area contributed by atoms with E-state index in [1.807, 2.05) is 19.0 Å². The fourth-order valence-electron chi connectivity index (χ4n) is 6.13. The van der Waals surface area contributed by atoms with Crippen molar-refractivity contribution >= 4 is 31.7 Å². The molecule has 0 aromatic heterocycles. The van der Waals surface area contributed by atoms with Crippen molar-refractivity contribution in [1.82, 2.24) is 9.80 Å². The minimum atomic E-state index is -4.81. The van der Waals surface area contributed by atoms with Crippen LogP contribution in [0.3, 0.4) is 0 Å². The molecule has 1 N–H and O–H groups in total. The Morgan fingerprint density at radius 2 is 0.729 bits per heavy atom. The quantitative estimate of drug-likeness (QED) is 0.0267. The molecular formula is C44H85N2O12P. The van der Waals surface area contributed by atoms with Gasteiger partial charge in [-0.2, -0.15) is 0 Å². The molecule has 0 aliphatic carbocycles. The third-order valence-electron chi connectivity index (χ3n) is 9.80. The van der Waals surface area contributed by atoms with Crippen molar-refractivity contribution in [2.24, 2.45) is 0 Å². The van der Waals surface area contributed by atoms with E-state index < -0.39 is 63.7 Å². The molecule has 0 fully saturated rings. The monoisotopic (exact) mass is 865 g/mol.